The van der Waals surface area contributed by atoms with E-state index in [4.69, 9.17) is 4.42 Å². The second-order valence-electron chi connectivity index (χ2n) is 8.54. The molecule has 0 radical (unpaired) electrons. The third kappa shape index (κ3) is 5.48. The number of alkyl halides is 3. The van der Waals surface area contributed by atoms with Crippen molar-refractivity contribution in [1.29, 1.82) is 0 Å². The van der Waals surface area contributed by atoms with E-state index in [0.717, 1.165) is 28.9 Å². The third-order valence-corrected chi connectivity index (χ3v) is 5.81. The first kappa shape index (κ1) is 26.4. The molecule has 0 saturated heterocycles. The number of oxazole rings is 1. The average molecular weight is 558 g/mol. The van der Waals surface area contributed by atoms with Gasteiger partial charge < -0.3 is 19.8 Å². The maximum Gasteiger partial charge on any atom is 0.573 e. The van der Waals surface area contributed by atoms with Gasteiger partial charge in [0.05, 0.1) is 11.7 Å². The summed E-state index contributed by atoms with van der Waals surface area (Å²) in [5.41, 5.74) is 1.17. The van der Waals surface area contributed by atoms with Crippen LogP contribution < -0.4 is 21.1 Å². The van der Waals surface area contributed by atoms with E-state index in [2.05, 4.69) is 25.5 Å². The quantitative estimate of drug-likeness (QED) is 0.294. The number of hydrogen-bond acceptors (Lipinski definition) is 7. The lowest BCUT2D eigenvalue weighted by Crippen LogP contribution is -2.28. The molecule has 11 nitrogen and oxygen atoms in total. The Balaban J connectivity index is 1.32. The van der Waals surface area contributed by atoms with E-state index in [9.17, 15) is 31.9 Å². The van der Waals surface area contributed by atoms with Crippen LogP contribution in [0.1, 0.15) is 32.1 Å². The topological polar surface area (TPSA) is 133 Å². The summed E-state index contributed by atoms with van der Waals surface area (Å²) in [5, 5.41) is 8.98. The fourth-order valence-electron chi connectivity index (χ4n) is 3.85. The molecule has 0 aliphatic rings. The van der Waals surface area contributed by atoms with Crippen LogP contribution in [0.3, 0.4) is 0 Å². The lowest BCUT2D eigenvalue weighted by Gasteiger charge is -2.11. The Kier molecular flexibility index (Phi) is 6.71. The molecule has 0 saturated carbocycles. The molecule has 206 valence electrons. The molecule has 5 aromatic rings. The summed E-state index contributed by atoms with van der Waals surface area (Å²) >= 11 is 0. The van der Waals surface area contributed by atoms with Crippen molar-refractivity contribution in [2.45, 2.75) is 19.5 Å². The van der Waals surface area contributed by atoms with E-state index in [-0.39, 0.29) is 30.1 Å². The molecule has 0 unspecified atom stereocenters. The van der Waals surface area contributed by atoms with Crippen LogP contribution in [-0.2, 0) is 20.1 Å². The molecular weight excluding hydrogens is 540 g/mol. The Morgan fingerprint density at radius 3 is 2.40 bits per heavy atom. The fraction of sp³-hybridized carbons (Fsp3) is 0.160. The minimum Gasteiger partial charge on any atom is -0.408 e. The second-order valence-corrected chi connectivity index (χ2v) is 8.54. The molecule has 2 N–H and O–H groups in total. The van der Waals surface area contributed by atoms with E-state index in [1.165, 1.54) is 16.7 Å². The molecule has 5 rings (SSSR count). The van der Waals surface area contributed by atoms with E-state index < -0.39 is 35.5 Å². The summed E-state index contributed by atoms with van der Waals surface area (Å²) in [6, 6.07) is 10.9. The number of nitrogens with zero attached hydrogens (tertiary/aromatic N) is 4. The number of aryl methyl sites for hydroxylation is 1. The Hall–Kier alpha value is -5.21. The third-order valence-electron chi connectivity index (χ3n) is 5.81. The lowest BCUT2D eigenvalue weighted by molar-refractivity contribution is -0.274. The number of aromatic nitrogens is 4. The minimum atomic E-state index is -4.83. The van der Waals surface area contributed by atoms with Gasteiger partial charge in [-0.3, -0.25) is 14.2 Å². The Labute approximate surface area is 221 Å². The first-order valence-electron chi connectivity index (χ1n) is 11.5. The number of carbonyl (C=O) groups excluding carboxylic acids is 2. The molecule has 3 heterocycles. The molecule has 3 aromatic heterocycles. The number of carbonyl (C=O) groups is 2. The molecule has 0 atom stereocenters. The lowest BCUT2D eigenvalue weighted by atomic mass is 10.2. The van der Waals surface area contributed by atoms with Crippen LogP contribution >= 0.6 is 0 Å². The van der Waals surface area contributed by atoms with Gasteiger partial charge >= 0.3 is 12.1 Å². The summed E-state index contributed by atoms with van der Waals surface area (Å²) in [4.78, 5) is 41.5. The zero-order valence-electron chi connectivity index (χ0n) is 20.5. The van der Waals surface area contributed by atoms with Gasteiger partial charge in [-0.1, -0.05) is 18.2 Å². The number of hydrogen-bond donors (Lipinski definition) is 2. The van der Waals surface area contributed by atoms with Gasteiger partial charge in [0.2, 0.25) is 0 Å². The zero-order chi connectivity index (χ0) is 28.6. The molecule has 40 heavy (non-hydrogen) atoms. The Morgan fingerprint density at radius 1 is 1.00 bits per heavy atom. The van der Waals surface area contributed by atoms with Crippen LogP contribution in [0.4, 0.5) is 17.6 Å². The number of benzene rings is 2. The Morgan fingerprint density at radius 2 is 1.68 bits per heavy atom. The fourth-order valence-corrected chi connectivity index (χ4v) is 3.85. The zero-order valence-corrected chi connectivity index (χ0v) is 20.5. The highest BCUT2D eigenvalue weighted by Crippen LogP contribution is 2.23. The van der Waals surface area contributed by atoms with Gasteiger partial charge in [0.15, 0.2) is 17.0 Å². The molecule has 0 spiro atoms. The van der Waals surface area contributed by atoms with Gasteiger partial charge in [0.25, 0.3) is 11.8 Å². The highest BCUT2D eigenvalue weighted by Gasteiger charge is 2.31. The summed E-state index contributed by atoms with van der Waals surface area (Å²) in [7, 11) is 1.54. The summed E-state index contributed by atoms with van der Waals surface area (Å²) in [6.45, 7) is -0.0719. The first-order chi connectivity index (χ1) is 19.0. The van der Waals surface area contributed by atoms with Crippen LogP contribution in [0.5, 0.6) is 5.75 Å². The standard InChI is InChI=1S/C25H18F4N6O5/c1-34-18-8-14(4-7-20(18)39-24(34)38)11-30-22(36)17-9-19(35-21(33-17)16(26)12-32-35)23(37)31-10-13-2-5-15(6-3-13)40-25(27,28)29/h2-9,12H,10-11H2,1H3,(H,30,36)(H,31,37). The van der Waals surface area contributed by atoms with Crippen LogP contribution in [-0.4, -0.2) is 37.3 Å². The maximum absolute atomic E-state index is 14.3. The van der Waals surface area contributed by atoms with E-state index >= 15 is 0 Å². The monoisotopic (exact) mass is 558 g/mol. The van der Waals surface area contributed by atoms with Gasteiger partial charge in [-0.05, 0) is 35.4 Å². The van der Waals surface area contributed by atoms with Gasteiger partial charge in [-0.25, -0.2) is 18.7 Å². The molecule has 0 aliphatic carbocycles. The van der Waals surface area contributed by atoms with Crippen molar-refractivity contribution in [2.24, 2.45) is 7.05 Å². The second kappa shape index (κ2) is 10.2. The molecular formula is C25H18F4N6O5. The molecule has 2 aromatic carbocycles. The van der Waals surface area contributed by atoms with Crippen molar-refractivity contribution in [1.82, 2.24) is 29.8 Å². The van der Waals surface area contributed by atoms with Crippen molar-refractivity contribution in [3.05, 3.63) is 93.6 Å². The van der Waals surface area contributed by atoms with Crippen molar-refractivity contribution >= 4 is 28.6 Å². The molecule has 2 amide bonds. The van der Waals surface area contributed by atoms with Crippen LogP contribution in [0.2, 0.25) is 0 Å². The first-order valence-corrected chi connectivity index (χ1v) is 11.5. The molecule has 0 fully saturated rings. The number of ether oxygens (including phenoxy) is 1. The molecule has 0 aliphatic heterocycles. The van der Waals surface area contributed by atoms with Gasteiger partial charge in [0.1, 0.15) is 17.1 Å². The van der Waals surface area contributed by atoms with Crippen molar-refractivity contribution in [3.8, 4) is 5.75 Å². The van der Waals surface area contributed by atoms with Crippen molar-refractivity contribution < 1.29 is 36.3 Å². The molecule has 15 heteroatoms. The summed E-state index contributed by atoms with van der Waals surface area (Å²) in [6.07, 6.45) is -4.00. The minimum absolute atomic E-state index is 0.0261. The van der Waals surface area contributed by atoms with Gasteiger partial charge in [-0.2, -0.15) is 5.10 Å². The van der Waals surface area contributed by atoms with Crippen LogP contribution in [0.25, 0.3) is 16.7 Å². The van der Waals surface area contributed by atoms with Crippen LogP contribution in [0, 0.1) is 5.82 Å². The van der Waals surface area contributed by atoms with Gasteiger partial charge in [0, 0.05) is 26.2 Å². The maximum atomic E-state index is 14.3. The predicted molar refractivity (Wildman–Crippen MR) is 130 cm³/mol. The SMILES string of the molecule is Cn1c(=O)oc2ccc(CNC(=O)c3cc(C(=O)NCc4ccc(OC(F)(F)F)cc4)n4ncc(F)c4n3)cc21. The predicted octanol–water partition coefficient (Wildman–Crippen LogP) is 3.07. The Bertz CT molecular complexity index is 1810. The van der Waals surface area contributed by atoms with Crippen LogP contribution in [0.15, 0.2) is 63.9 Å². The van der Waals surface area contributed by atoms with Gasteiger partial charge in [-0.15, -0.1) is 13.2 Å². The highest BCUT2D eigenvalue weighted by molar-refractivity contribution is 5.98. The largest absolute Gasteiger partial charge is 0.573 e. The van der Waals surface area contributed by atoms with Crippen molar-refractivity contribution in [2.75, 3.05) is 0 Å². The summed E-state index contributed by atoms with van der Waals surface area (Å²) in [5.74, 6) is -3.27. The highest BCUT2D eigenvalue weighted by atomic mass is 19.4. The van der Waals surface area contributed by atoms with E-state index in [0.29, 0.717) is 22.2 Å². The average Bonchev–Trinajstić information content (AvgIpc) is 3.43. The normalized spacial score (nSPS) is 11.6. The van der Waals surface area contributed by atoms with E-state index in [1.807, 2.05) is 0 Å². The number of amides is 2. The van der Waals surface area contributed by atoms with Crippen molar-refractivity contribution in [3.63, 3.8) is 0 Å². The molecule has 0 bridgehead atoms. The number of rotatable bonds is 7. The van der Waals surface area contributed by atoms with E-state index in [1.54, 1.807) is 25.2 Å². The summed E-state index contributed by atoms with van der Waals surface area (Å²) < 4.78 is 62.5. The number of halogens is 4. The smallest absolute Gasteiger partial charge is 0.408 e. The number of nitrogens with one attached hydrogen (secondary N) is 2. The number of fused-ring (bicyclic) bond motifs is 2.